The van der Waals surface area contributed by atoms with E-state index in [1.54, 1.807) is 29.0 Å². The molecule has 3 amide bonds. The number of carbonyl (C=O) groups excluding carboxylic acids is 2. The van der Waals surface area contributed by atoms with E-state index in [1.165, 1.54) is 18.2 Å². The Labute approximate surface area is 204 Å². The molecule has 1 saturated heterocycles. The van der Waals surface area contributed by atoms with Crippen molar-refractivity contribution in [3.8, 4) is 11.8 Å². The maximum atomic E-state index is 14.1. The zero-order valence-electron chi connectivity index (χ0n) is 19.3. The van der Waals surface area contributed by atoms with Crippen LogP contribution in [0.25, 0.3) is 0 Å². The Kier molecular flexibility index (Phi) is 6.13. The van der Waals surface area contributed by atoms with Crippen molar-refractivity contribution in [2.24, 2.45) is 0 Å². The van der Waals surface area contributed by atoms with Crippen LogP contribution in [-0.2, 0) is 16.2 Å². The molecule has 1 spiro atoms. The highest BCUT2D eigenvalue weighted by molar-refractivity contribution is 8.01. The van der Waals surface area contributed by atoms with Crippen LogP contribution in [0.3, 0.4) is 0 Å². The largest absolute Gasteiger partial charge is 0.497 e. The lowest BCUT2D eigenvalue weighted by Gasteiger charge is -2.35. The third kappa shape index (κ3) is 3.78. The number of thioether (sulfide) groups is 1. The number of anilines is 1. The van der Waals surface area contributed by atoms with Gasteiger partial charge in [0.1, 0.15) is 5.75 Å². The monoisotopic (exact) mass is 476 g/mol. The van der Waals surface area contributed by atoms with Crippen molar-refractivity contribution in [2.45, 2.75) is 49.6 Å². The van der Waals surface area contributed by atoms with Crippen molar-refractivity contribution in [3.63, 3.8) is 0 Å². The van der Waals surface area contributed by atoms with Gasteiger partial charge < -0.3 is 15.0 Å². The Bertz CT molecular complexity index is 1160. The van der Waals surface area contributed by atoms with Crippen LogP contribution in [0.4, 0.5) is 10.5 Å². The number of amides is 3. The topological polar surface area (TPSA) is 85.7 Å². The van der Waals surface area contributed by atoms with Gasteiger partial charge in [0.25, 0.3) is 5.91 Å². The number of hydrogen-bond acceptors (Lipinski definition) is 5. The lowest BCUT2D eigenvalue weighted by Crippen LogP contribution is -2.55. The molecule has 2 aromatic carbocycles. The molecule has 2 fully saturated rings. The lowest BCUT2D eigenvalue weighted by molar-refractivity contribution is -0.123. The number of nitrogens with one attached hydrogen (secondary N) is 1. The van der Waals surface area contributed by atoms with E-state index < -0.39 is 4.87 Å². The van der Waals surface area contributed by atoms with Crippen LogP contribution in [0.5, 0.6) is 5.75 Å². The second kappa shape index (κ2) is 9.22. The summed E-state index contributed by atoms with van der Waals surface area (Å²) in [6.45, 7) is 0.831. The van der Waals surface area contributed by atoms with Crippen LogP contribution in [0.2, 0.25) is 0 Å². The Morgan fingerprint density at radius 2 is 2.06 bits per heavy atom. The molecule has 1 saturated carbocycles. The van der Waals surface area contributed by atoms with E-state index in [2.05, 4.69) is 11.4 Å². The summed E-state index contributed by atoms with van der Waals surface area (Å²) >= 11 is 1.51. The molecular formula is C26H28N4O3S. The summed E-state index contributed by atoms with van der Waals surface area (Å²) in [5, 5.41) is 12.5. The molecule has 2 aliphatic heterocycles. The zero-order chi connectivity index (χ0) is 23.7. The number of urea groups is 1. The molecule has 2 aromatic rings. The first kappa shape index (κ1) is 22.6. The number of fused-ring (bicyclic) bond motifs is 2. The molecule has 0 radical (unpaired) electrons. The number of nitrogens with zero attached hydrogens (tertiary/aromatic N) is 3. The summed E-state index contributed by atoms with van der Waals surface area (Å²) in [6.07, 6.45) is 5.43. The molecule has 0 unspecified atom stereocenters. The number of benzene rings is 2. The van der Waals surface area contributed by atoms with Crippen LogP contribution in [-0.4, -0.2) is 42.3 Å². The maximum absolute atomic E-state index is 14.1. The molecule has 3 aliphatic rings. The molecule has 1 N–H and O–H groups in total. The van der Waals surface area contributed by atoms with Gasteiger partial charge in [0, 0.05) is 23.9 Å². The number of hydrogen-bond donors (Lipinski definition) is 1. The van der Waals surface area contributed by atoms with Crippen molar-refractivity contribution in [2.75, 3.05) is 24.3 Å². The third-order valence-electron chi connectivity index (χ3n) is 6.98. The molecule has 34 heavy (non-hydrogen) atoms. The predicted octanol–water partition coefficient (Wildman–Crippen LogP) is 4.36. The number of carbonyl (C=O) groups is 2. The first-order valence-electron chi connectivity index (χ1n) is 11.8. The van der Waals surface area contributed by atoms with Gasteiger partial charge in [-0.05, 0) is 48.7 Å². The first-order valence-corrected chi connectivity index (χ1v) is 12.8. The minimum atomic E-state index is -1.12. The summed E-state index contributed by atoms with van der Waals surface area (Å²) in [4.78, 5) is 30.0. The number of rotatable bonds is 4. The van der Waals surface area contributed by atoms with Crippen LogP contribution in [0.15, 0.2) is 42.5 Å². The van der Waals surface area contributed by atoms with Gasteiger partial charge in [-0.2, -0.15) is 5.26 Å². The van der Waals surface area contributed by atoms with Crippen LogP contribution < -0.4 is 15.0 Å². The molecule has 5 rings (SSSR count). The van der Waals surface area contributed by atoms with Gasteiger partial charge in [-0.15, -0.1) is 11.8 Å². The molecule has 0 aromatic heterocycles. The van der Waals surface area contributed by atoms with Crippen molar-refractivity contribution in [3.05, 3.63) is 59.2 Å². The Morgan fingerprint density at radius 3 is 2.82 bits per heavy atom. The second-order valence-corrected chi connectivity index (χ2v) is 10.3. The summed E-state index contributed by atoms with van der Waals surface area (Å²) < 4.78 is 5.48. The van der Waals surface area contributed by atoms with E-state index in [0.717, 1.165) is 42.5 Å². The Morgan fingerprint density at radius 1 is 1.24 bits per heavy atom. The van der Waals surface area contributed by atoms with E-state index in [0.29, 0.717) is 30.2 Å². The van der Waals surface area contributed by atoms with Crippen molar-refractivity contribution in [1.82, 2.24) is 10.2 Å². The summed E-state index contributed by atoms with van der Waals surface area (Å²) in [6, 6.07) is 15.1. The van der Waals surface area contributed by atoms with Gasteiger partial charge >= 0.3 is 6.03 Å². The molecule has 2 heterocycles. The van der Waals surface area contributed by atoms with Crippen molar-refractivity contribution < 1.29 is 14.3 Å². The van der Waals surface area contributed by atoms with E-state index in [9.17, 15) is 14.9 Å². The van der Waals surface area contributed by atoms with Crippen LogP contribution in [0.1, 0.15) is 48.8 Å². The molecular weight excluding hydrogens is 448 g/mol. The predicted molar refractivity (Wildman–Crippen MR) is 132 cm³/mol. The highest BCUT2D eigenvalue weighted by atomic mass is 32.2. The third-order valence-corrected chi connectivity index (χ3v) is 8.39. The number of methoxy groups -OCH3 is 1. The van der Waals surface area contributed by atoms with E-state index in [4.69, 9.17) is 4.74 Å². The van der Waals surface area contributed by atoms with Gasteiger partial charge in [0.05, 0.1) is 31.0 Å². The highest BCUT2D eigenvalue weighted by Crippen LogP contribution is 2.55. The average molecular weight is 477 g/mol. The summed E-state index contributed by atoms with van der Waals surface area (Å²) in [5.41, 5.74) is 2.98. The van der Waals surface area contributed by atoms with E-state index >= 15 is 0 Å². The smallest absolute Gasteiger partial charge is 0.319 e. The van der Waals surface area contributed by atoms with Crippen LogP contribution >= 0.6 is 11.8 Å². The minimum absolute atomic E-state index is 0.126. The fourth-order valence-corrected chi connectivity index (χ4v) is 6.75. The van der Waals surface area contributed by atoms with Crippen molar-refractivity contribution >= 4 is 29.4 Å². The van der Waals surface area contributed by atoms with Gasteiger partial charge in [-0.1, -0.05) is 31.4 Å². The standard InChI is InChI=1S/C26H28N4O3S/c1-33-21-10-11-23-22(15-21)26(24(31)29(23)17-19-7-5-6-18(14-19)16-27)30(12-13-34-26)25(32)28-20-8-3-2-4-9-20/h5-7,10-11,14-15,20H,2-4,8-9,12-13,17H2,1H3,(H,28,32)/t26-/m1/s1. The second-order valence-electron chi connectivity index (χ2n) is 9.02. The Balaban J connectivity index is 1.51. The molecule has 176 valence electrons. The molecule has 8 heteroatoms. The SMILES string of the molecule is COc1ccc2c(c1)[C@@]1(SCCN1C(=O)NC1CCCCC1)C(=O)N2Cc1cccc(C#N)c1. The average Bonchev–Trinajstić information content (AvgIpc) is 3.41. The summed E-state index contributed by atoms with van der Waals surface area (Å²) in [5.74, 6) is 1.21. The van der Waals surface area contributed by atoms with Gasteiger partial charge in [0.2, 0.25) is 0 Å². The fraction of sp³-hybridized carbons (Fsp3) is 0.423. The lowest BCUT2D eigenvalue weighted by atomic mass is 9.95. The maximum Gasteiger partial charge on any atom is 0.319 e. The normalized spacial score (nSPS) is 22.1. The number of ether oxygens (including phenoxy) is 1. The van der Waals surface area contributed by atoms with Gasteiger partial charge in [-0.25, -0.2) is 4.79 Å². The molecule has 1 aliphatic carbocycles. The highest BCUT2D eigenvalue weighted by Gasteiger charge is 2.59. The fourth-order valence-electron chi connectivity index (χ4n) is 5.30. The van der Waals surface area contributed by atoms with E-state index in [-0.39, 0.29) is 18.0 Å². The summed E-state index contributed by atoms with van der Waals surface area (Å²) in [7, 11) is 1.60. The zero-order valence-corrected chi connectivity index (χ0v) is 20.1. The number of nitriles is 1. The molecule has 0 bridgehead atoms. The molecule has 7 nitrogen and oxygen atoms in total. The Hall–Kier alpha value is -3.18. The minimum Gasteiger partial charge on any atom is -0.497 e. The molecule has 1 atom stereocenters. The van der Waals surface area contributed by atoms with Crippen molar-refractivity contribution in [1.29, 1.82) is 5.26 Å². The van der Waals surface area contributed by atoms with Gasteiger partial charge in [0.15, 0.2) is 4.87 Å². The van der Waals surface area contributed by atoms with Crippen LogP contribution in [0, 0.1) is 11.3 Å². The van der Waals surface area contributed by atoms with Gasteiger partial charge in [-0.3, -0.25) is 9.69 Å². The quantitative estimate of drug-likeness (QED) is 0.709. The first-order chi connectivity index (χ1) is 16.6. The van der Waals surface area contributed by atoms with E-state index in [1.807, 2.05) is 30.3 Å².